The van der Waals surface area contributed by atoms with Gasteiger partial charge in [0.2, 0.25) is 0 Å². The summed E-state index contributed by atoms with van der Waals surface area (Å²) in [5.74, 6) is 0.147. The second kappa shape index (κ2) is 15.4. The van der Waals surface area contributed by atoms with Gasteiger partial charge >= 0.3 is 0 Å². The SMILES string of the molecule is c1ccc(-c2ccc(C3c4ccccc4-c4ccc(-c5c6ccccc6c(-c6ccc(-c7cc(-c8ccccc8)cc(-c8ccccc8)c7)cc6)c6ccccc56)cc43)cc2)cc1. The fraction of sp³-hybridized carbons (Fsp3) is 0.0159. The molecule has 11 aromatic rings. The number of benzene rings is 11. The predicted octanol–water partition coefficient (Wildman–Crippen LogP) is 17.2. The Labute approximate surface area is 369 Å². The summed E-state index contributed by atoms with van der Waals surface area (Å²) in [6.07, 6.45) is 0. The quantitative estimate of drug-likeness (QED) is 0.141. The highest BCUT2D eigenvalue weighted by molar-refractivity contribution is 6.21. The molecule has 0 amide bonds. The first-order valence-corrected chi connectivity index (χ1v) is 21.9. The Balaban J connectivity index is 0.977. The molecule has 0 spiro atoms. The van der Waals surface area contributed by atoms with Crippen molar-refractivity contribution in [1.82, 2.24) is 0 Å². The molecule has 1 unspecified atom stereocenters. The van der Waals surface area contributed by atoms with Crippen molar-refractivity contribution in [1.29, 1.82) is 0 Å². The van der Waals surface area contributed by atoms with Gasteiger partial charge in [-0.2, -0.15) is 0 Å². The van der Waals surface area contributed by atoms with Gasteiger partial charge in [-0.15, -0.1) is 0 Å². The predicted molar refractivity (Wildman–Crippen MR) is 267 cm³/mol. The molecule has 1 aliphatic carbocycles. The monoisotopic (exact) mass is 798 g/mol. The lowest BCUT2D eigenvalue weighted by molar-refractivity contribution is 1.02. The molecule has 0 aliphatic heterocycles. The van der Waals surface area contributed by atoms with Gasteiger partial charge in [-0.1, -0.05) is 224 Å². The minimum absolute atomic E-state index is 0.147. The molecule has 0 saturated heterocycles. The third-order valence-electron chi connectivity index (χ3n) is 13.1. The van der Waals surface area contributed by atoms with Gasteiger partial charge in [0.05, 0.1) is 0 Å². The number of hydrogen-bond donors (Lipinski definition) is 0. The van der Waals surface area contributed by atoms with Gasteiger partial charge in [0.25, 0.3) is 0 Å². The molecule has 0 heterocycles. The van der Waals surface area contributed by atoms with Gasteiger partial charge in [-0.25, -0.2) is 0 Å². The molecule has 0 saturated carbocycles. The average molecular weight is 799 g/mol. The van der Waals surface area contributed by atoms with E-state index in [1.54, 1.807) is 0 Å². The highest BCUT2D eigenvalue weighted by Crippen LogP contribution is 2.51. The minimum Gasteiger partial charge on any atom is -0.0622 e. The van der Waals surface area contributed by atoms with Gasteiger partial charge in [0.1, 0.15) is 0 Å². The molecule has 1 aliphatic rings. The van der Waals surface area contributed by atoms with Crippen molar-refractivity contribution in [3.63, 3.8) is 0 Å². The molecular weight excluding hydrogens is 757 g/mol. The molecule has 0 fully saturated rings. The maximum Gasteiger partial charge on any atom is 0.0352 e. The van der Waals surface area contributed by atoms with Crippen molar-refractivity contribution < 1.29 is 0 Å². The van der Waals surface area contributed by atoms with E-state index >= 15 is 0 Å². The summed E-state index contributed by atoms with van der Waals surface area (Å²) in [6.45, 7) is 0. The van der Waals surface area contributed by atoms with E-state index in [2.05, 4.69) is 249 Å². The smallest absolute Gasteiger partial charge is 0.0352 e. The summed E-state index contributed by atoms with van der Waals surface area (Å²) >= 11 is 0. The highest BCUT2D eigenvalue weighted by atomic mass is 14.3. The molecule has 63 heavy (non-hydrogen) atoms. The van der Waals surface area contributed by atoms with Crippen molar-refractivity contribution in [3.05, 3.63) is 265 Å². The van der Waals surface area contributed by atoms with Gasteiger partial charge in [-0.05, 0) is 140 Å². The Morgan fingerprint density at radius 2 is 0.556 bits per heavy atom. The maximum absolute atomic E-state index is 2.49. The standard InChI is InChI=1S/C63H42/c1-4-16-42(17-5-1)45-28-32-48(33-29-45)62-55-23-11-10-22-53(55)54-37-36-49(41-60(54)62)63-58-26-14-12-24-56(58)61(57-25-13-15-27-59(57)63)47-34-30-46(31-35-47)52-39-50(43-18-6-2-7-19-43)38-51(40-52)44-20-8-3-9-21-44/h1-41,62H. The van der Waals surface area contributed by atoms with Gasteiger partial charge in [0, 0.05) is 5.92 Å². The normalized spacial score (nSPS) is 12.9. The number of hydrogen-bond acceptors (Lipinski definition) is 0. The number of rotatable bonds is 7. The van der Waals surface area contributed by atoms with Gasteiger partial charge in [-0.3, -0.25) is 0 Å². The van der Waals surface area contributed by atoms with E-state index in [4.69, 9.17) is 0 Å². The summed E-state index contributed by atoms with van der Waals surface area (Å²) in [5.41, 5.74) is 21.4. The number of fused-ring (bicyclic) bond motifs is 5. The lowest BCUT2D eigenvalue weighted by Crippen LogP contribution is -2.00. The van der Waals surface area contributed by atoms with Crippen LogP contribution >= 0.6 is 0 Å². The van der Waals surface area contributed by atoms with E-state index in [1.165, 1.54) is 116 Å². The Hall–Kier alpha value is -8.06. The molecule has 0 radical (unpaired) electrons. The Morgan fingerprint density at radius 1 is 0.206 bits per heavy atom. The molecule has 1 atom stereocenters. The van der Waals surface area contributed by atoms with Crippen LogP contribution in [-0.4, -0.2) is 0 Å². The van der Waals surface area contributed by atoms with Crippen LogP contribution in [0.3, 0.4) is 0 Å². The molecule has 0 aromatic heterocycles. The fourth-order valence-corrected chi connectivity index (χ4v) is 10.2. The van der Waals surface area contributed by atoms with Crippen molar-refractivity contribution in [2.75, 3.05) is 0 Å². The zero-order chi connectivity index (χ0) is 41.7. The van der Waals surface area contributed by atoms with Crippen LogP contribution in [0.1, 0.15) is 22.6 Å². The molecule has 0 N–H and O–H groups in total. The molecular formula is C63H42. The fourth-order valence-electron chi connectivity index (χ4n) is 10.2. The topological polar surface area (TPSA) is 0 Å². The first kappa shape index (κ1) is 36.8. The Bertz CT molecular complexity index is 3340. The third-order valence-corrected chi connectivity index (χ3v) is 13.1. The first-order chi connectivity index (χ1) is 31.2. The van der Waals surface area contributed by atoms with Crippen LogP contribution in [-0.2, 0) is 0 Å². The van der Waals surface area contributed by atoms with Crippen LogP contribution in [0.4, 0.5) is 0 Å². The summed E-state index contributed by atoms with van der Waals surface area (Å²) < 4.78 is 0. The lowest BCUT2D eigenvalue weighted by Gasteiger charge is -2.20. The van der Waals surface area contributed by atoms with E-state index in [0.29, 0.717) is 0 Å². The largest absolute Gasteiger partial charge is 0.0622 e. The maximum atomic E-state index is 2.49. The van der Waals surface area contributed by atoms with E-state index < -0.39 is 0 Å². The summed E-state index contributed by atoms with van der Waals surface area (Å²) in [4.78, 5) is 0. The summed E-state index contributed by atoms with van der Waals surface area (Å²) in [6, 6.07) is 91.7. The van der Waals surface area contributed by atoms with Crippen LogP contribution in [0.25, 0.3) is 99.4 Å². The summed E-state index contributed by atoms with van der Waals surface area (Å²) in [5, 5.41) is 5.04. The lowest BCUT2D eigenvalue weighted by atomic mass is 9.83. The molecule has 294 valence electrons. The van der Waals surface area contributed by atoms with Crippen molar-refractivity contribution in [2.24, 2.45) is 0 Å². The van der Waals surface area contributed by atoms with Crippen LogP contribution in [0.2, 0.25) is 0 Å². The average Bonchev–Trinajstić information content (AvgIpc) is 3.70. The van der Waals surface area contributed by atoms with Gasteiger partial charge < -0.3 is 0 Å². The Kier molecular flexibility index (Phi) is 9.01. The molecule has 11 aromatic carbocycles. The van der Waals surface area contributed by atoms with E-state index in [1.807, 2.05) is 0 Å². The van der Waals surface area contributed by atoms with Crippen LogP contribution < -0.4 is 0 Å². The van der Waals surface area contributed by atoms with E-state index in [0.717, 1.165) is 0 Å². The molecule has 0 nitrogen and oxygen atoms in total. The van der Waals surface area contributed by atoms with Gasteiger partial charge in [0.15, 0.2) is 0 Å². The van der Waals surface area contributed by atoms with Crippen LogP contribution in [0, 0.1) is 0 Å². The van der Waals surface area contributed by atoms with Crippen molar-refractivity contribution in [2.45, 2.75) is 5.92 Å². The second-order valence-electron chi connectivity index (χ2n) is 16.8. The van der Waals surface area contributed by atoms with E-state index in [9.17, 15) is 0 Å². The zero-order valence-corrected chi connectivity index (χ0v) is 34.7. The third kappa shape index (κ3) is 6.47. The molecule has 0 bridgehead atoms. The first-order valence-electron chi connectivity index (χ1n) is 21.9. The molecule has 0 heteroatoms. The Morgan fingerprint density at radius 3 is 1.08 bits per heavy atom. The van der Waals surface area contributed by atoms with Crippen molar-refractivity contribution >= 4 is 21.5 Å². The highest BCUT2D eigenvalue weighted by Gasteiger charge is 2.30. The minimum atomic E-state index is 0.147. The summed E-state index contributed by atoms with van der Waals surface area (Å²) in [7, 11) is 0. The van der Waals surface area contributed by atoms with Crippen LogP contribution in [0.15, 0.2) is 249 Å². The molecule has 12 rings (SSSR count). The van der Waals surface area contributed by atoms with Crippen LogP contribution in [0.5, 0.6) is 0 Å². The zero-order valence-electron chi connectivity index (χ0n) is 34.7. The second-order valence-corrected chi connectivity index (χ2v) is 16.8. The van der Waals surface area contributed by atoms with E-state index in [-0.39, 0.29) is 5.92 Å². The van der Waals surface area contributed by atoms with Crippen molar-refractivity contribution in [3.8, 4) is 77.9 Å².